The molecule has 45 heavy (non-hydrogen) atoms. The second-order valence-electron chi connectivity index (χ2n) is 9.55. The van der Waals surface area contributed by atoms with Crippen LogP contribution in [0.2, 0.25) is 0 Å². The average molecular weight is 631 g/mol. The van der Waals surface area contributed by atoms with E-state index in [-0.39, 0.29) is 0 Å². The number of tetrazole rings is 1. The Hall–Kier alpha value is -5.60. The molecule has 0 atom stereocenters. The molecule has 7 rings (SSSR count). The SMILES string of the molecule is C1=C(c2nn(-c3ccccc3)n[n+]2-c2ccccc2)c2ccccc2/C1=C1\C=[N+](c2ccccc2)[N-]O1.O=S(=O)([O-])C(F)(F)F. The van der Waals surface area contributed by atoms with Crippen molar-refractivity contribution in [3.63, 3.8) is 0 Å². The molecule has 2 heterocycles. The van der Waals surface area contributed by atoms with Crippen molar-refractivity contribution in [1.29, 1.82) is 0 Å². The van der Waals surface area contributed by atoms with Crippen LogP contribution in [-0.4, -0.2) is 44.5 Å². The number of para-hydroxylation sites is 3. The molecule has 0 spiro atoms. The average Bonchev–Trinajstić information content (AvgIpc) is 3.79. The van der Waals surface area contributed by atoms with Gasteiger partial charge in [0, 0.05) is 22.5 Å². The summed E-state index contributed by atoms with van der Waals surface area (Å²) in [6, 6.07) is 38.1. The van der Waals surface area contributed by atoms with Crippen molar-refractivity contribution >= 4 is 33.2 Å². The molecule has 2 aliphatic rings. The molecule has 0 saturated carbocycles. The Morgan fingerprint density at radius 3 is 1.91 bits per heavy atom. The van der Waals surface area contributed by atoms with Gasteiger partial charge in [-0.15, -0.1) is 0 Å². The van der Waals surface area contributed by atoms with E-state index < -0.39 is 15.6 Å². The molecule has 1 aliphatic heterocycles. The van der Waals surface area contributed by atoms with Crippen molar-refractivity contribution in [2.75, 3.05) is 0 Å². The minimum atomic E-state index is -6.09. The molecule has 0 amide bonds. The van der Waals surface area contributed by atoms with E-state index >= 15 is 0 Å². The number of hydrogen-bond acceptors (Lipinski definition) is 6. The monoisotopic (exact) mass is 630 g/mol. The van der Waals surface area contributed by atoms with Crippen molar-refractivity contribution in [3.05, 3.63) is 150 Å². The van der Waals surface area contributed by atoms with Crippen LogP contribution in [0, 0.1) is 0 Å². The van der Waals surface area contributed by atoms with Gasteiger partial charge in [0.05, 0.1) is 15.9 Å². The zero-order valence-electron chi connectivity index (χ0n) is 23.0. The number of hydrogen-bond donors (Lipinski definition) is 0. The summed E-state index contributed by atoms with van der Waals surface area (Å²) in [5.41, 5.74) is 5.38. The molecule has 0 N–H and O–H groups in total. The van der Waals surface area contributed by atoms with E-state index in [0.717, 1.165) is 45.2 Å². The number of allylic oxidation sites excluding steroid dienone is 3. The van der Waals surface area contributed by atoms with E-state index in [2.05, 4.69) is 23.8 Å². The standard InChI is InChI=1S/C30H21N6O.CHF3O3S/c1-4-12-22(13-5-1)34-21-29(37-33-34)27-20-28(26-19-11-10-18-25(26)27)30-31-36(24-16-8-3-9-17-24)32-35(30)23-14-6-2-7-15-23;2-1(3,4)8(5,6)7/h1-21H;(H,5,6,7)/q+1;/p-1/b29-27+;. The Bertz CT molecular complexity index is 2060. The molecule has 14 heteroatoms. The highest BCUT2D eigenvalue weighted by atomic mass is 32.2. The lowest BCUT2D eigenvalue weighted by Crippen LogP contribution is -2.37. The van der Waals surface area contributed by atoms with Gasteiger partial charge in [0.25, 0.3) is 0 Å². The van der Waals surface area contributed by atoms with Gasteiger partial charge in [-0.2, -0.15) is 13.2 Å². The summed E-state index contributed by atoms with van der Waals surface area (Å²) in [6.45, 7) is 0. The highest BCUT2D eigenvalue weighted by Gasteiger charge is 2.37. The fourth-order valence-corrected chi connectivity index (χ4v) is 4.57. The summed E-state index contributed by atoms with van der Waals surface area (Å²) in [7, 11) is -6.09. The molecule has 0 unspecified atom stereocenters. The first-order valence-corrected chi connectivity index (χ1v) is 14.7. The summed E-state index contributed by atoms with van der Waals surface area (Å²) in [4.78, 5) is 7.49. The summed E-state index contributed by atoms with van der Waals surface area (Å²) < 4.78 is 62.5. The quantitative estimate of drug-likeness (QED) is 0.149. The maximum atomic E-state index is 10.7. The van der Waals surface area contributed by atoms with Gasteiger partial charge in [0.1, 0.15) is 5.69 Å². The predicted octanol–water partition coefficient (Wildman–Crippen LogP) is 5.40. The Balaban J connectivity index is 0.000000397. The molecule has 0 radical (unpaired) electrons. The number of nitrogens with zero attached hydrogens (tertiary/aromatic N) is 6. The number of aromatic nitrogens is 4. The minimum absolute atomic E-state index is 0.674. The lowest BCUT2D eigenvalue weighted by Gasteiger charge is -2.09. The number of halogens is 3. The molecule has 0 bridgehead atoms. The summed E-state index contributed by atoms with van der Waals surface area (Å²) in [5.74, 6) is 1.40. The Labute approximate surface area is 254 Å². The van der Waals surface area contributed by atoms with Crippen molar-refractivity contribution < 1.29 is 40.3 Å². The molecule has 226 valence electrons. The van der Waals surface area contributed by atoms with Crippen LogP contribution in [0.4, 0.5) is 18.9 Å². The van der Waals surface area contributed by atoms with E-state index in [1.165, 1.54) is 0 Å². The highest BCUT2D eigenvalue weighted by molar-refractivity contribution is 7.86. The fraction of sp³-hybridized carbons (Fsp3) is 0.0323. The first-order valence-electron chi connectivity index (χ1n) is 13.3. The largest absolute Gasteiger partial charge is 0.741 e. The van der Waals surface area contributed by atoms with Crippen LogP contribution in [0.15, 0.2) is 127 Å². The second kappa shape index (κ2) is 11.8. The summed E-state index contributed by atoms with van der Waals surface area (Å²) in [5, 5.41) is 9.80. The lowest BCUT2D eigenvalue weighted by molar-refractivity contribution is -0.663. The van der Waals surface area contributed by atoms with Crippen LogP contribution < -0.4 is 4.68 Å². The van der Waals surface area contributed by atoms with Crippen LogP contribution in [-0.2, 0) is 15.0 Å². The van der Waals surface area contributed by atoms with Crippen LogP contribution in [0.1, 0.15) is 17.0 Å². The Morgan fingerprint density at radius 1 is 0.778 bits per heavy atom. The molecule has 0 fully saturated rings. The first-order chi connectivity index (χ1) is 21.6. The molecule has 0 saturated heterocycles. The lowest BCUT2D eigenvalue weighted by atomic mass is 10.0. The zero-order chi connectivity index (χ0) is 31.6. The molecule has 10 nitrogen and oxygen atoms in total. The summed E-state index contributed by atoms with van der Waals surface area (Å²) in [6.07, 6.45) is 4.02. The zero-order valence-corrected chi connectivity index (χ0v) is 23.8. The molecule has 1 aromatic heterocycles. The molecule has 5 aromatic rings. The van der Waals surface area contributed by atoms with Crippen molar-refractivity contribution in [2.24, 2.45) is 0 Å². The van der Waals surface area contributed by atoms with E-state index in [1.807, 2.05) is 114 Å². The number of fused-ring (bicyclic) bond motifs is 1. The van der Waals surface area contributed by atoms with Gasteiger partial charge in [0.2, 0.25) is 11.9 Å². The summed E-state index contributed by atoms with van der Waals surface area (Å²) >= 11 is 0. The Kier molecular flexibility index (Phi) is 7.74. The number of alkyl halides is 3. The van der Waals surface area contributed by atoms with E-state index in [9.17, 15) is 13.2 Å². The van der Waals surface area contributed by atoms with E-state index in [4.69, 9.17) is 28.1 Å². The first kappa shape index (κ1) is 29.5. The van der Waals surface area contributed by atoms with Gasteiger partial charge in [0.15, 0.2) is 21.6 Å². The van der Waals surface area contributed by atoms with E-state index in [1.54, 1.807) is 9.48 Å². The topological polar surface area (TPSA) is 118 Å². The predicted molar refractivity (Wildman–Crippen MR) is 156 cm³/mol. The van der Waals surface area contributed by atoms with Gasteiger partial charge < -0.3 is 9.39 Å². The molecule has 1 aliphatic carbocycles. The number of benzene rings is 4. The van der Waals surface area contributed by atoms with E-state index in [0.29, 0.717) is 5.76 Å². The Morgan fingerprint density at radius 2 is 1.31 bits per heavy atom. The van der Waals surface area contributed by atoms with Crippen LogP contribution >= 0.6 is 0 Å². The van der Waals surface area contributed by atoms with Crippen LogP contribution in [0.5, 0.6) is 0 Å². The fourth-order valence-electron chi connectivity index (χ4n) is 4.57. The third-order valence-electron chi connectivity index (χ3n) is 6.63. The second-order valence-corrected chi connectivity index (χ2v) is 10.9. The highest BCUT2D eigenvalue weighted by Crippen LogP contribution is 2.40. The van der Waals surface area contributed by atoms with Gasteiger partial charge in [-0.3, -0.25) is 5.59 Å². The van der Waals surface area contributed by atoms with Crippen molar-refractivity contribution in [3.8, 4) is 11.4 Å². The molecular weight excluding hydrogens is 609 g/mol. The maximum absolute atomic E-state index is 10.7. The van der Waals surface area contributed by atoms with Gasteiger partial charge in [-0.25, -0.2) is 13.1 Å². The van der Waals surface area contributed by atoms with Gasteiger partial charge in [-0.05, 0) is 41.5 Å². The van der Waals surface area contributed by atoms with Crippen molar-refractivity contribution in [2.45, 2.75) is 5.51 Å². The molecule has 4 aromatic carbocycles. The van der Waals surface area contributed by atoms with Crippen LogP contribution in [0.3, 0.4) is 0 Å². The smallest absolute Gasteiger partial charge is 0.485 e. The van der Waals surface area contributed by atoms with Crippen molar-refractivity contribution in [1.82, 2.24) is 15.1 Å². The van der Waals surface area contributed by atoms with Crippen LogP contribution in [0.25, 0.3) is 28.1 Å². The third-order valence-corrected chi connectivity index (χ3v) is 7.19. The van der Waals surface area contributed by atoms with Gasteiger partial charge in [-0.1, -0.05) is 83.5 Å². The maximum Gasteiger partial charge on any atom is 0.485 e. The minimum Gasteiger partial charge on any atom is -0.741 e. The molecular formula is C31H21F3N6O4S. The normalized spacial score (nSPS) is 15.6. The number of rotatable bonds is 4. The third kappa shape index (κ3) is 6.09. The van der Waals surface area contributed by atoms with Gasteiger partial charge >= 0.3 is 11.3 Å².